The normalized spacial score (nSPS) is 13.7. The van der Waals surface area contributed by atoms with Gasteiger partial charge in [0, 0.05) is 12.2 Å². The van der Waals surface area contributed by atoms with E-state index < -0.39 is 61.0 Å². The number of thiol groups is 1. The summed E-state index contributed by atoms with van der Waals surface area (Å²) in [6.45, 7) is -1.47. The lowest BCUT2D eigenvalue weighted by molar-refractivity contribution is -0.159. The number of hydrogen-bond donors (Lipinski definition) is 8. The number of hydroxylamine groups is 1. The van der Waals surface area contributed by atoms with Crippen LogP contribution in [0.4, 0.5) is 0 Å². The molecule has 14 heteroatoms. The van der Waals surface area contributed by atoms with Crippen molar-refractivity contribution in [1.29, 1.82) is 0 Å². The topological polar surface area (TPSA) is 217 Å². The van der Waals surface area contributed by atoms with E-state index in [0.717, 1.165) is 0 Å². The molecule has 0 bridgehead atoms. The van der Waals surface area contributed by atoms with E-state index >= 15 is 0 Å². The highest BCUT2D eigenvalue weighted by Gasteiger charge is 2.22. The molecule has 0 spiro atoms. The van der Waals surface area contributed by atoms with E-state index in [9.17, 15) is 24.0 Å². The zero-order chi connectivity index (χ0) is 21.0. The van der Waals surface area contributed by atoms with Crippen LogP contribution in [0.15, 0.2) is 0 Å². The van der Waals surface area contributed by atoms with Crippen molar-refractivity contribution in [1.82, 2.24) is 16.1 Å². The van der Waals surface area contributed by atoms with Crippen molar-refractivity contribution in [3.05, 3.63) is 0 Å². The van der Waals surface area contributed by atoms with Gasteiger partial charge in [-0.25, -0.2) is 4.79 Å². The van der Waals surface area contributed by atoms with E-state index in [4.69, 9.17) is 21.1 Å². The predicted octanol–water partition coefficient (Wildman–Crippen LogP) is -3.80. The van der Waals surface area contributed by atoms with Gasteiger partial charge in [0.1, 0.15) is 18.6 Å². The molecule has 0 heterocycles. The van der Waals surface area contributed by atoms with Crippen LogP contribution in [0.1, 0.15) is 12.8 Å². The quantitative estimate of drug-likeness (QED) is 0.109. The van der Waals surface area contributed by atoms with Crippen molar-refractivity contribution in [3.8, 4) is 0 Å². The van der Waals surface area contributed by atoms with Gasteiger partial charge < -0.3 is 36.5 Å². The summed E-state index contributed by atoms with van der Waals surface area (Å²) in [5, 5.41) is 30.4. The highest BCUT2D eigenvalue weighted by atomic mass is 32.1. The molecule has 27 heavy (non-hydrogen) atoms. The van der Waals surface area contributed by atoms with Gasteiger partial charge in [-0.1, -0.05) is 0 Å². The van der Waals surface area contributed by atoms with Crippen molar-refractivity contribution >= 4 is 42.4 Å². The van der Waals surface area contributed by atoms with Gasteiger partial charge in [-0.05, 0) is 6.42 Å². The highest BCUT2D eigenvalue weighted by molar-refractivity contribution is 7.80. The molecule has 0 aromatic carbocycles. The molecule has 0 aliphatic rings. The molecule has 0 aliphatic carbocycles. The van der Waals surface area contributed by atoms with Gasteiger partial charge in [-0.2, -0.15) is 12.6 Å². The number of carboxylic acids is 2. The summed E-state index contributed by atoms with van der Waals surface area (Å²) in [5.41, 5.74) is 7.07. The van der Waals surface area contributed by atoms with Crippen molar-refractivity contribution in [2.45, 2.75) is 31.0 Å². The van der Waals surface area contributed by atoms with E-state index in [1.54, 1.807) is 0 Å². The Morgan fingerprint density at radius 2 is 1.70 bits per heavy atom. The van der Waals surface area contributed by atoms with Crippen LogP contribution in [-0.2, 0) is 28.8 Å². The Morgan fingerprint density at radius 3 is 2.19 bits per heavy atom. The maximum atomic E-state index is 11.9. The number of aliphatic hydroxyl groups is 1. The Labute approximate surface area is 159 Å². The minimum atomic E-state index is -1.52. The molecule has 0 saturated heterocycles. The first kappa shape index (κ1) is 24.6. The molecule has 13 nitrogen and oxygen atoms in total. The second-order valence-electron chi connectivity index (χ2n) is 5.17. The minimum absolute atomic E-state index is 0.110. The molecular weight excluding hydrogens is 388 g/mol. The minimum Gasteiger partial charge on any atom is -0.480 e. The molecular formula is C13H22N4O9S. The van der Waals surface area contributed by atoms with Gasteiger partial charge in [0.15, 0.2) is 6.04 Å². The molecule has 0 fully saturated rings. The first-order valence-electron chi connectivity index (χ1n) is 7.57. The zero-order valence-corrected chi connectivity index (χ0v) is 15.0. The van der Waals surface area contributed by atoms with E-state index in [0.29, 0.717) is 0 Å². The summed E-state index contributed by atoms with van der Waals surface area (Å²) in [6.07, 6.45) is -0.357. The fraction of sp³-hybridized carbons (Fsp3) is 0.615. The van der Waals surface area contributed by atoms with E-state index in [1.807, 2.05) is 5.48 Å². The summed E-state index contributed by atoms with van der Waals surface area (Å²) < 4.78 is 0. The lowest BCUT2D eigenvalue weighted by Crippen LogP contribution is -2.50. The van der Waals surface area contributed by atoms with Crippen LogP contribution in [-0.4, -0.2) is 82.1 Å². The SMILES string of the molecule is NC(CCC(=O)NC(CS)C(=O)NCC(=O)ONC(CO)C(=O)O)C(=O)O. The molecule has 0 rings (SSSR count). The third kappa shape index (κ3) is 10.3. The van der Waals surface area contributed by atoms with Crippen molar-refractivity contribution in [2.75, 3.05) is 18.9 Å². The highest BCUT2D eigenvalue weighted by Crippen LogP contribution is 1.97. The largest absolute Gasteiger partial charge is 0.480 e. The summed E-state index contributed by atoms with van der Waals surface area (Å²) in [5.74, 6) is -5.26. The number of carbonyl (C=O) groups excluding carboxylic acids is 3. The monoisotopic (exact) mass is 410 g/mol. The molecule has 154 valence electrons. The summed E-state index contributed by atoms with van der Waals surface area (Å²) >= 11 is 3.90. The molecule has 0 aromatic heterocycles. The van der Waals surface area contributed by atoms with Crippen LogP contribution in [0, 0.1) is 0 Å². The fourth-order valence-corrected chi connectivity index (χ4v) is 1.75. The Kier molecular flexibility index (Phi) is 11.7. The number of carboxylic acid groups (broad SMARTS) is 2. The van der Waals surface area contributed by atoms with Crippen LogP contribution in [0.3, 0.4) is 0 Å². The fourth-order valence-electron chi connectivity index (χ4n) is 1.49. The van der Waals surface area contributed by atoms with E-state index in [1.165, 1.54) is 0 Å². The van der Waals surface area contributed by atoms with Gasteiger partial charge in [0.25, 0.3) is 0 Å². The lowest BCUT2D eigenvalue weighted by atomic mass is 10.1. The zero-order valence-electron chi connectivity index (χ0n) is 14.1. The first-order chi connectivity index (χ1) is 12.6. The summed E-state index contributed by atoms with van der Waals surface area (Å²) in [7, 11) is 0. The maximum Gasteiger partial charge on any atom is 0.344 e. The molecule has 3 atom stereocenters. The van der Waals surface area contributed by atoms with Gasteiger partial charge in [0.05, 0.1) is 6.61 Å². The predicted molar refractivity (Wildman–Crippen MR) is 91.4 cm³/mol. The number of aliphatic carboxylic acids is 2. The van der Waals surface area contributed by atoms with Crippen LogP contribution in [0.25, 0.3) is 0 Å². The Hall–Kier alpha value is -2.42. The smallest absolute Gasteiger partial charge is 0.344 e. The second-order valence-corrected chi connectivity index (χ2v) is 5.53. The summed E-state index contributed by atoms with van der Waals surface area (Å²) in [4.78, 5) is 60.6. The van der Waals surface area contributed by atoms with Gasteiger partial charge in [0.2, 0.25) is 11.8 Å². The van der Waals surface area contributed by atoms with Crippen LogP contribution in [0.5, 0.6) is 0 Å². The number of amides is 2. The number of carbonyl (C=O) groups is 5. The van der Waals surface area contributed by atoms with Crippen LogP contribution >= 0.6 is 12.6 Å². The van der Waals surface area contributed by atoms with E-state index in [-0.39, 0.29) is 18.6 Å². The molecule has 0 aliphatic heterocycles. The summed E-state index contributed by atoms with van der Waals surface area (Å²) in [6, 6.07) is -3.84. The maximum absolute atomic E-state index is 11.9. The number of rotatable bonds is 13. The molecule has 3 unspecified atom stereocenters. The molecule has 0 aromatic rings. The lowest BCUT2D eigenvalue weighted by Gasteiger charge is -2.17. The third-order valence-electron chi connectivity index (χ3n) is 3.04. The van der Waals surface area contributed by atoms with Gasteiger partial charge in [-0.15, -0.1) is 5.48 Å². The van der Waals surface area contributed by atoms with Crippen LogP contribution in [0.2, 0.25) is 0 Å². The molecule has 0 saturated carbocycles. The number of nitrogens with one attached hydrogen (secondary N) is 3. The molecule has 8 N–H and O–H groups in total. The van der Waals surface area contributed by atoms with Gasteiger partial charge >= 0.3 is 17.9 Å². The van der Waals surface area contributed by atoms with Crippen LogP contribution < -0.4 is 21.8 Å². The Morgan fingerprint density at radius 1 is 1.07 bits per heavy atom. The van der Waals surface area contributed by atoms with Crippen molar-refractivity contribution < 1.29 is 44.1 Å². The Balaban J connectivity index is 4.32. The third-order valence-corrected chi connectivity index (χ3v) is 3.40. The van der Waals surface area contributed by atoms with E-state index in [2.05, 4.69) is 28.1 Å². The number of aliphatic hydroxyl groups excluding tert-OH is 1. The number of nitrogens with two attached hydrogens (primary N) is 1. The standard InChI is InChI=1S/C13H22N4O9S/c14-6(12(22)23)1-2-9(19)16-8(5-27)11(21)15-3-10(20)26-17-7(4-18)13(24)25/h6-8,17-18,27H,1-5,14H2,(H,15,21)(H,16,19)(H,22,23)(H,24,25). The number of hydrogen-bond acceptors (Lipinski definition) is 10. The first-order valence-corrected chi connectivity index (χ1v) is 8.20. The Bertz CT molecular complexity index is 560. The molecule has 0 radical (unpaired) electrons. The van der Waals surface area contributed by atoms with Gasteiger partial charge in [-0.3, -0.25) is 19.2 Å². The van der Waals surface area contributed by atoms with Crippen molar-refractivity contribution in [3.63, 3.8) is 0 Å². The average Bonchev–Trinajstić information content (AvgIpc) is 2.62. The second kappa shape index (κ2) is 12.9. The van der Waals surface area contributed by atoms with Crippen molar-refractivity contribution in [2.24, 2.45) is 5.73 Å². The molecule has 2 amide bonds. The average molecular weight is 410 g/mol.